The summed E-state index contributed by atoms with van der Waals surface area (Å²) in [7, 11) is 0. The fourth-order valence-corrected chi connectivity index (χ4v) is 2.01. The molecule has 15 heavy (non-hydrogen) atoms. The van der Waals surface area contributed by atoms with E-state index in [2.05, 4.69) is 0 Å². The minimum Gasteiger partial charge on any atom is -0.277 e. The molecule has 1 aliphatic heterocycles. The van der Waals surface area contributed by atoms with Crippen molar-refractivity contribution in [2.75, 3.05) is 0 Å². The first kappa shape index (κ1) is 12.2. The first-order valence-electron chi connectivity index (χ1n) is 5.55. The van der Waals surface area contributed by atoms with Gasteiger partial charge in [-0.2, -0.15) is 0 Å². The highest BCUT2D eigenvalue weighted by Crippen LogP contribution is 2.35. The average molecular weight is 211 g/mol. The van der Waals surface area contributed by atoms with Gasteiger partial charge in [0.2, 0.25) is 11.8 Å². The number of carbonyl (C=O) groups excluding carboxylic acids is 2. The van der Waals surface area contributed by atoms with E-state index in [9.17, 15) is 9.59 Å². The summed E-state index contributed by atoms with van der Waals surface area (Å²) in [5, 5.41) is 0. The summed E-state index contributed by atoms with van der Waals surface area (Å²) >= 11 is 0. The van der Waals surface area contributed by atoms with Gasteiger partial charge in [0.05, 0.1) is 0 Å². The molecule has 86 valence electrons. The summed E-state index contributed by atoms with van der Waals surface area (Å²) in [6.45, 7) is 9.83. The van der Waals surface area contributed by atoms with Crippen LogP contribution in [0, 0.1) is 5.41 Å². The smallest absolute Gasteiger partial charge is 0.230 e. The molecule has 1 aliphatic rings. The van der Waals surface area contributed by atoms with Crippen LogP contribution in [0.2, 0.25) is 0 Å². The summed E-state index contributed by atoms with van der Waals surface area (Å²) in [5.41, 5.74) is -0.515. The summed E-state index contributed by atoms with van der Waals surface area (Å²) in [6, 6.07) is 0. The van der Waals surface area contributed by atoms with Crippen molar-refractivity contribution in [2.24, 2.45) is 5.41 Å². The lowest BCUT2D eigenvalue weighted by atomic mass is 9.80. The van der Waals surface area contributed by atoms with Crippen molar-refractivity contribution in [2.45, 2.75) is 59.4 Å². The molecule has 0 aromatic rings. The lowest BCUT2D eigenvalue weighted by Gasteiger charge is -2.43. The predicted octanol–water partition coefficient (Wildman–Crippen LogP) is 2.35. The van der Waals surface area contributed by atoms with Gasteiger partial charge in [-0.05, 0) is 25.7 Å². The highest BCUT2D eigenvalue weighted by atomic mass is 16.2. The molecule has 0 saturated carbocycles. The number of imide groups is 1. The Balaban J connectivity index is 2.94. The maximum absolute atomic E-state index is 11.9. The van der Waals surface area contributed by atoms with Gasteiger partial charge in [-0.15, -0.1) is 0 Å². The highest BCUT2D eigenvalue weighted by Gasteiger charge is 2.43. The van der Waals surface area contributed by atoms with Crippen LogP contribution in [0.3, 0.4) is 0 Å². The minimum atomic E-state index is -0.343. The lowest BCUT2D eigenvalue weighted by molar-refractivity contribution is -0.159. The van der Waals surface area contributed by atoms with E-state index < -0.39 is 0 Å². The van der Waals surface area contributed by atoms with Gasteiger partial charge < -0.3 is 0 Å². The molecule has 1 heterocycles. The quantitative estimate of drug-likeness (QED) is 0.657. The summed E-state index contributed by atoms with van der Waals surface area (Å²) in [6.07, 6.45) is 1.75. The fraction of sp³-hybridized carbons (Fsp3) is 0.833. The molecule has 1 rings (SSSR count). The Hall–Kier alpha value is -0.860. The third-order valence-electron chi connectivity index (χ3n) is 3.23. The van der Waals surface area contributed by atoms with Gasteiger partial charge in [0.15, 0.2) is 0 Å². The third-order valence-corrected chi connectivity index (χ3v) is 3.23. The van der Waals surface area contributed by atoms with Gasteiger partial charge in [-0.25, -0.2) is 0 Å². The van der Waals surface area contributed by atoms with Crippen LogP contribution in [0.1, 0.15) is 53.9 Å². The van der Waals surface area contributed by atoms with Crippen molar-refractivity contribution in [3.63, 3.8) is 0 Å². The first-order valence-corrected chi connectivity index (χ1v) is 5.55. The highest BCUT2D eigenvalue weighted by molar-refractivity contribution is 5.99. The molecular weight excluding hydrogens is 190 g/mol. The number of nitrogens with zero attached hydrogens (tertiary/aromatic N) is 1. The molecule has 0 radical (unpaired) electrons. The Kier molecular flexibility index (Phi) is 2.94. The van der Waals surface area contributed by atoms with Crippen LogP contribution in [0.15, 0.2) is 0 Å². The molecule has 0 N–H and O–H groups in total. The van der Waals surface area contributed by atoms with E-state index in [1.807, 2.05) is 34.6 Å². The van der Waals surface area contributed by atoms with Crippen molar-refractivity contribution in [3.8, 4) is 0 Å². The molecule has 3 nitrogen and oxygen atoms in total. The zero-order chi connectivity index (χ0) is 11.9. The molecule has 0 spiro atoms. The molecule has 0 atom stereocenters. The Morgan fingerprint density at radius 2 is 1.60 bits per heavy atom. The second kappa shape index (κ2) is 3.62. The number of carbonyl (C=O) groups is 2. The average Bonchev–Trinajstić information content (AvgIpc) is 1.99. The van der Waals surface area contributed by atoms with Gasteiger partial charge in [-0.1, -0.05) is 20.8 Å². The van der Waals surface area contributed by atoms with E-state index in [4.69, 9.17) is 0 Å². The maximum Gasteiger partial charge on any atom is 0.230 e. The molecule has 0 aromatic heterocycles. The number of piperidine rings is 1. The number of likely N-dealkylation sites (tertiary alicyclic amines) is 1. The van der Waals surface area contributed by atoms with E-state index in [1.165, 1.54) is 4.90 Å². The van der Waals surface area contributed by atoms with E-state index in [1.54, 1.807) is 0 Å². The predicted molar refractivity (Wildman–Crippen MR) is 59.2 cm³/mol. The van der Waals surface area contributed by atoms with Crippen LogP contribution in [0.5, 0.6) is 0 Å². The number of hydrogen-bond donors (Lipinski definition) is 0. The Morgan fingerprint density at radius 1 is 1.20 bits per heavy atom. The normalized spacial score (nSPS) is 22.1. The molecule has 1 fully saturated rings. The third kappa shape index (κ3) is 2.39. The van der Waals surface area contributed by atoms with Gasteiger partial charge >= 0.3 is 0 Å². The van der Waals surface area contributed by atoms with Gasteiger partial charge in [-0.3, -0.25) is 14.5 Å². The van der Waals surface area contributed by atoms with Crippen molar-refractivity contribution in [1.82, 2.24) is 4.90 Å². The second-order valence-corrected chi connectivity index (χ2v) is 5.81. The standard InChI is InChI=1S/C12H21NO2/c1-6-12(4,5)13-9(14)7-11(2,3)8-10(13)15/h6-8H2,1-5H3. The lowest BCUT2D eigenvalue weighted by Crippen LogP contribution is -2.55. The number of rotatable bonds is 2. The largest absolute Gasteiger partial charge is 0.277 e. The summed E-state index contributed by atoms with van der Waals surface area (Å²) < 4.78 is 0. The topological polar surface area (TPSA) is 37.4 Å². The van der Waals surface area contributed by atoms with Crippen LogP contribution in [0.25, 0.3) is 0 Å². The van der Waals surface area contributed by atoms with Gasteiger partial charge in [0.1, 0.15) is 0 Å². The van der Waals surface area contributed by atoms with E-state index in [0.717, 1.165) is 6.42 Å². The minimum absolute atomic E-state index is 0.0249. The molecule has 0 unspecified atom stereocenters. The Labute approximate surface area is 91.8 Å². The first-order chi connectivity index (χ1) is 6.69. The van der Waals surface area contributed by atoms with Crippen molar-refractivity contribution in [3.05, 3.63) is 0 Å². The van der Waals surface area contributed by atoms with Crippen molar-refractivity contribution in [1.29, 1.82) is 0 Å². The molecule has 2 amide bonds. The fourth-order valence-electron chi connectivity index (χ4n) is 2.01. The molecule has 3 heteroatoms. The second-order valence-electron chi connectivity index (χ2n) is 5.81. The van der Waals surface area contributed by atoms with Crippen LogP contribution in [-0.2, 0) is 9.59 Å². The molecule has 0 bridgehead atoms. The number of hydrogen-bond acceptors (Lipinski definition) is 2. The van der Waals surface area contributed by atoms with Gasteiger partial charge in [0.25, 0.3) is 0 Å². The Morgan fingerprint density at radius 3 is 1.93 bits per heavy atom. The van der Waals surface area contributed by atoms with Crippen LogP contribution in [-0.4, -0.2) is 22.3 Å². The zero-order valence-corrected chi connectivity index (χ0v) is 10.4. The van der Waals surface area contributed by atoms with Crippen LogP contribution >= 0.6 is 0 Å². The molecule has 0 aromatic carbocycles. The molecule has 0 aliphatic carbocycles. The Bertz CT molecular complexity index is 272. The van der Waals surface area contributed by atoms with Crippen molar-refractivity contribution < 1.29 is 9.59 Å². The number of amides is 2. The van der Waals surface area contributed by atoms with Crippen LogP contribution in [0.4, 0.5) is 0 Å². The van der Waals surface area contributed by atoms with Crippen molar-refractivity contribution >= 4 is 11.8 Å². The molecular formula is C12H21NO2. The van der Waals surface area contributed by atoms with E-state index >= 15 is 0 Å². The summed E-state index contributed by atoms with van der Waals surface area (Å²) in [4.78, 5) is 25.3. The summed E-state index contributed by atoms with van der Waals surface area (Å²) in [5.74, 6) is -0.0498. The zero-order valence-electron chi connectivity index (χ0n) is 10.4. The SMILES string of the molecule is CCC(C)(C)N1C(=O)CC(C)(C)CC1=O. The monoisotopic (exact) mass is 211 g/mol. The van der Waals surface area contributed by atoms with E-state index in [-0.39, 0.29) is 22.8 Å². The van der Waals surface area contributed by atoms with Gasteiger partial charge in [0, 0.05) is 18.4 Å². The molecule has 1 saturated heterocycles. The van der Waals surface area contributed by atoms with E-state index in [0.29, 0.717) is 12.8 Å². The maximum atomic E-state index is 11.9. The van der Waals surface area contributed by atoms with Crippen LogP contribution < -0.4 is 0 Å².